The molecule has 0 aliphatic rings. The van der Waals surface area contributed by atoms with Gasteiger partial charge in [0.2, 0.25) is 0 Å². The Labute approximate surface area is 131 Å². The van der Waals surface area contributed by atoms with Crippen LogP contribution in [-0.4, -0.2) is 45.9 Å². The number of pyridine rings is 1. The SMILES string of the molecule is CCCCCNN(CC(F)C(C)(C)O)C(=O)c1cccnc1. The second-order valence-electron chi connectivity index (χ2n) is 5.89. The van der Waals surface area contributed by atoms with Crippen LogP contribution in [0.3, 0.4) is 0 Å². The number of alkyl halides is 1. The van der Waals surface area contributed by atoms with Crippen molar-refractivity contribution < 1.29 is 14.3 Å². The van der Waals surface area contributed by atoms with Crippen molar-refractivity contribution in [3.63, 3.8) is 0 Å². The Bertz CT molecular complexity index is 448. The number of aromatic nitrogens is 1. The highest BCUT2D eigenvalue weighted by Gasteiger charge is 2.30. The first-order valence-electron chi connectivity index (χ1n) is 7.68. The first-order chi connectivity index (χ1) is 10.4. The van der Waals surface area contributed by atoms with Gasteiger partial charge in [0.15, 0.2) is 0 Å². The number of halogens is 1. The van der Waals surface area contributed by atoms with Gasteiger partial charge >= 0.3 is 0 Å². The van der Waals surface area contributed by atoms with E-state index in [1.807, 2.05) is 0 Å². The van der Waals surface area contributed by atoms with E-state index in [9.17, 15) is 14.3 Å². The smallest absolute Gasteiger partial charge is 0.269 e. The monoisotopic (exact) mass is 311 g/mol. The fraction of sp³-hybridized carbons (Fsp3) is 0.625. The largest absolute Gasteiger partial charge is 0.387 e. The summed E-state index contributed by atoms with van der Waals surface area (Å²) < 4.78 is 14.1. The predicted octanol–water partition coefficient (Wildman–Crippen LogP) is 2.33. The molecule has 6 heteroatoms. The average molecular weight is 311 g/mol. The van der Waals surface area contributed by atoms with Gasteiger partial charge in [0.05, 0.1) is 17.7 Å². The molecule has 5 nitrogen and oxygen atoms in total. The summed E-state index contributed by atoms with van der Waals surface area (Å²) >= 11 is 0. The van der Waals surface area contributed by atoms with E-state index in [0.717, 1.165) is 19.3 Å². The molecule has 1 unspecified atom stereocenters. The van der Waals surface area contributed by atoms with Crippen LogP contribution in [0.1, 0.15) is 50.4 Å². The molecule has 0 aromatic carbocycles. The number of hydrogen-bond acceptors (Lipinski definition) is 4. The number of hydrogen-bond donors (Lipinski definition) is 2. The van der Waals surface area contributed by atoms with E-state index in [-0.39, 0.29) is 12.5 Å². The van der Waals surface area contributed by atoms with E-state index in [1.165, 1.54) is 25.1 Å². The van der Waals surface area contributed by atoms with Gasteiger partial charge in [-0.05, 0) is 32.4 Å². The van der Waals surface area contributed by atoms with Gasteiger partial charge in [-0.3, -0.25) is 14.8 Å². The van der Waals surface area contributed by atoms with Gasteiger partial charge in [-0.2, -0.15) is 0 Å². The highest BCUT2D eigenvalue weighted by atomic mass is 19.1. The maximum atomic E-state index is 14.1. The second-order valence-corrected chi connectivity index (χ2v) is 5.89. The van der Waals surface area contributed by atoms with Gasteiger partial charge in [0, 0.05) is 18.9 Å². The van der Waals surface area contributed by atoms with Crippen molar-refractivity contribution in [1.29, 1.82) is 0 Å². The summed E-state index contributed by atoms with van der Waals surface area (Å²) in [7, 11) is 0. The number of carbonyl (C=O) groups is 1. The zero-order chi connectivity index (χ0) is 16.6. The third kappa shape index (κ3) is 6.07. The van der Waals surface area contributed by atoms with Crippen LogP contribution >= 0.6 is 0 Å². The molecular weight excluding hydrogens is 285 g/mol. The zero-order valence-corrected chi connectivity index (χ0v) is 13.6. The lowest BCUT2D eigenvalue weighted by Gasteiger charge is -2.30. The zero-order valence-electron chi connectivity index (χ0n) is 13.6. The summed E-state index contributed by atoms with van der Waals surface area (Å²) in [5.41, 5.74) is 1.84. The van der Waals surface area contributed by atoms with Crippen LogP contribution < -0.4 is 5.43 Å². The van der Waals surface area contributed by atoms with Gasteiger partial charge in [-0.25, -0.2) is 9.82 Å². The lowest BCUT2D eigenvalue weighted by molar-refractivity contribution is -0.0222. The molecular formula is C16H26FN3O2. The quantitative estimate of drug-likeness (QED) is 0.542. The number of rotatable bonds is 9. The first-order valence-corrected chi connectivity index (χ1v) is 7.68. The van der Waals surface area contributed by atoms with E-state index in [1.54, 1.807) is 18.3 Å². The molecule has 1 atom stereocenters. The summed E-state index contributed by atoms with van der Waals surface area (Å²) in [4.78, 5) is 16.4. The number of amides is 1. The second kappa shape index (κ2) is 8.80. The predicted molar refractivity (Wildman–Crippen MR) is 84.0 cm³/mol. The fourth-order valence-electron chi connectivity index (χ4n) is 1.84. The fourth-order valence-corrected chi connectivity index (χ4v) is 1.84. The molecule has 1 aromatic heterocycles. The minimum Gasteiger partial charge on any atom is -0.387 e. The molecule has 1 rings (SSSR count). The Morgan fingerprint density at radius 2 is 2.23 bits per heavy atom. The third-order valence-corrected chi connectivity index (χ3v) is 3.35. The number of carbonyl (C=O) groups excluding carboxylic acids is 1. The van der Waals surface area contributed by atoms with Crippen molar-refractivity contribution in [3.05, 3.63) is 30.1 Å². The van der Waals surface area contributed by atoms with Gasteiger partial charge in [-0.1, -0.05) is 19.8 Å². The minimum absolute atomic E-state index is 0.219. The molecule has 1 heterocycles. The van der Waals surface area contributed by atoms with Crippen molar-refractivity contribution in [2.24, 2.45) is 0 Å². The van der Waals surface area contributed by atoms with Crippen LogP contribution in [0.2, 0.25) is 0 Å². The molecule has 0 spiro atoms. The number of unbranched alkanes of at least 4 members (excludes halogenated alkanes) is 2. The van der Waals surface area contributed by atoms with Crippen molar-refractivity contribution >= 4 is 5.91 Å². The number of nitrogens with zero attached hydrogens (tertiary/aromatic N) is 2. The van der Waals surface area contributed by atoms with E-state index in [4.69, 9.17) is 0 Å². The lowest BCUT2D eigenvalue weighted by atomic mass is 10.0. The molecule has 124 valence electrons. The van der Waals surface area contributed by atoms with Crippen LogP contribution in [0.15, 0.2) is 24.5 Å². The van der Waals surface area contributed by atoms with E-state index in [0.29, 0.717) is 12.1 Å². The summed E-state index contributed by atoms with van der Waals surface area (Å²) in [5.74, 6) is -0.350. The summed E-state index contributed by atoms with van der Waals surface area (Å²) in [5, 5.41) is 11.0. The van der Waals surface area contributed by atoms with Crippen LogP contribution in [0.4, 0.5) is 4.39 Å². The molecule has 1 amide bonds. The maximum Gasteiger partial charge on any atom is 0.269 e. The van der Waals surface area contributed by atoms with Gasteiger partial charge in [-0.15, -0.1) is 0 Å². The van der Waals surface area contributed by atoms with E-state index in [2.05, 4.69) is 17.3 Å². The molecule has 1 aromatic rings. The molecule has 0 saturated heterocycles. The topological polar surface area (TPSA) is 65.5 Å². The summed E-state index contributed by atoms with van der Waals surface area (Å²) in [6.07, 6.45) is 4.46. The molecule has 0 radical (unpaired) electrons. The highest BCUT2D eigenvalue weighted by Crippen LogP contribution is 2.14. The molecule has 0 aliphatic carbocycles. The molecule has 0 aliphatic heterocycles. The van der Waals surface area contributed by atoms with E-state index < -0.39 is 11.8 Å². The summed E-state index contributed by atoms with van der Waals surface area (Å²) in [6, 6.07) is 3.29. The molecule has 0 fully saturated rings. The first kappa shape index (κ1) is 18.5. The Hall–Kier alpha value is -1.53. The van der Waals surface area contributed by atoms with Crippen molar-refractivity contribution in [1.82, 2.24) is 15.4 Å². The average Bonchev–Trinajstić information content (AvgIpc) is 2.49. The summed E-state index contributed by atoms with van der Waals surface area (Å²) in [6.45, 7) is 5.23. The lowest BCUT2D eigenvalue weighted by Crippen LogP contribution is -2.50. The Morgan fingerprint density at radius 1 is 1.50 bits per heavy atom. The number of aliphatic hydroxyl groups is 1. The minimum atomic E-state index is -1.55. The van der Waals surface area contributed by atoms with Crippen LogP contribution in [-0.2, 0) is 0 Å². The standard InChI is InChI=1S/C16H26FN3O2/c1-4-5-6-10-19-20(12-14(17)16(2,3)22)15(21)13-8-7-9-18-11-13/h7-9,11,14,19,22H,4-6,10,12H2,1-3H3. The molecule has 22 heavy (non-hydrogen) atoms. The van der Waals surface area contributed by atoms with Crippen molar-refractivity contribution in [2.75, 3.05) is 13.1 Å². The Morgan fingerprint density at radius 3 is 2.77 bits per heavy atom. The Balaban J connectivity index is 2.75. The normalized spacial score (nSPS) is 13.0. The third-order valence-electron chi connectivity index (χ3n) is 3.35. The van der Waals surface area contributed by atoms with Gasteiger partial charge < -0.3 is 5.11 Å². The van der Waals surface area contributed by atoms with Gasteiger partial charge in [0.1, 0.15) is 6.17 Å². The number of nitrogens with one attached hydrogen (secondary N) is 1. The van der Waals surface area contributed by atoms with Crippen LogP contribution in [0.25, 0.3) is 0 Å². The van der Waals surface area contributed by atoms with E-state index >= 15 is 0 Å². The highest BCUT2D eigenvalue weighted by molar-refractivity contribution is 5.93. The maximum absolute atomic E-state index is 14.1. The molecule has 2 N–H and O–H groups in total. The molecule has 0 saturated carbocycles. The van der Waals surface area contributed by atoms with Gasteiger partial charge in [0.25, 0.3) is 5.91 Å². The van der Waals surface area contributed by atoms with Crippen LogP contribution in [0, 0.1) is 0 Å². The Kier molecular flexibility index (Phi) is 7.41. The number of hydrazine groups is 1. The van der Waals surface area contributed by atoms with Crippen LogP contribution in [0.5, 0.6) is 0 Å². The van der Waals surface area contributed by atoms with Crippen molar-refractivity contribution in [2.45, 2.75) is 51.8 Å². The van der Waals surface area contributed by atoms with Crippen molar-refractivity contribution in [3.8, 4) is 0 Å². The molecule has 0 bridgehead atoms.